The van der Waals surface area contributed by atoms with Gasteiger partial charge in [0.15, 0.2) is 0 Å². The molecule has 212 valence electrons. The number of amides is 1. The van der Waals surface area contributed by atoms with Gasteiger partial charge < -0.3 is 30.7 Å². The second-order valence-electron chi connectivity index (χ2n) is 8.90. The molecule has 0 aliphatic rings. The topological polar surface area (TPSA) is 221 Å². The second-order valence-corrected chi connectivity index (χ2v) is 8.90. The summed E-state index contributed by atoms with van der Waals surface area (Å²) >= 11 is 0. The fourth-order valence-corrected chi connectivity index (χ4v) is 3.94. The Labute approximate surface area is 222 Å². The maximum atomic E-state index is 12.7. The molecule has 0 unspecified atom stereocenters. The summed E-state index contributed by atoms with van der Waals surface area (Å²) in [6.07, 6.45) is 0. The molecular weight excluding hydrogens is 518 g/mol. The highest BCUT2D eigenvalue weighted by atomic mass is 16.4. The quantitative estimate of drug-likeness (QED) is 0.140. The van der Waals surface area contributed by atoms with Crippen LogP contribution in [0.4, 0.5) is 5.69 Å². The Kier molecular flexibility index (Phi) is 11.5. The molecule has 0 bridgehead atoms. The number of carbonyl (C=O) groups is 5. The zero-order valence-corrected chi connectivity index (χ0v) is 21.3. The van der Waals surface area contributed by atoms with E-state index in [0.29, 0.717) is 11.2 Å². The number of hydrogen-bond donors (Lipinski definition) is 6. The van der Waals surface area contributed by atoms with Crippen LogP contribution in [-0.4, -0.2) is 129 Å². The lowest BCUT2D eigenvalue weighted by molar-refractivity contribution is -0.143. The van der Waals surface area contributed by atoms with Crippen LogP contribution >= 0.6 is 0 Å². The molecular formula is C24H31N5O10. The van der Waals surface area contributed by atoms with Crippen LogP contribution < -0.4 is 10.9 Å². The first kappa shape index (κ1) is 30.9. The van der Waals surface area contributed by atoms with Gasteiger partial charge in [-0.15, -0.1) is 0 Å². The number of H-pyrrole nitrogens is 1. The molecule has 0 saturated heterocycles. The molecule has 15 nitrogen and oxygen atoms in total. The van der Waals surface area contributed by atoms with Gasteiger partial charge in [0.05, 0.1) is 38.2 Å². The number of nitrogens with one attached hydrogen (secondary N) is 2. The molecule has 39 heavy (non-hydrogen) atoms. The summed E-state index contributed by atoms with van der Waals surface area (Å²) in [5, 5.41) is 39.9. The number of carboxylic acids is 4. The maximum absolute atomic E-state index is 12.7. The van der Waals surface area contributed by atoms with Crippen LogP contribution in [0.1, 0.15) is 5.56 Å². The van der Waals surface area contributed by atoms with Crippen molar-refractivity contribution in [3.63, 3.8) is 0 Å². The zero-order chi connectivity index (χ0) is 29.1. The SMILES string of the molecule is Cc1cc(=O)[nH]c2cc(NC(=O)CN(CCN(CCN(CC(=O)O)CC(=O)O)CC(=O)O)CC(=O)O)ccc12. The summed E-state index contributed by atoms with van der Waals surface area (Å²) in [6.45, 7) is -0.710. The smallest absolute Gasteiger partial charge is 0.317 e. The second kappa shape index (κ2) is 14.6. The van der Waals surface area contributed by atoms with Crippen molar-refractivity contribution >= 4 is 46.4 Å². The molecule has 6 N–H and O–H groups in total. The number of aliphatic carboxylic acids is 4. The molecule has 0 atom stereocenters. The molecule has 0 aliphatic heterocycles. The summed E-state index contributed by atoms with van der Waals surface area (Å²) in [5.74, 6) is -5.42. The van der Waals surface area contributed by atoms with Gasteiger partial charge in [0.1, 0.15) is 0 Å². The van der Waals surface area contributed by atoms with Crippen molar-refractivity contribution in [2.45, 2.75) is 6.92 Å². The Morgan fingerprint density at radius 1 is 0.718 bits per heavy atom. The molecule has 0 aliphatic carbocycles. The summed E-state index contributed by atoms with van der Waals surface area (Å²) in [6, 6.07) is 6.40. The first-order valence-electron chi connectivity index (χ1n) is 11.8. The van der Waals surface area contributed by atoms with E-state index in [4.69, 9.17) is 10.2 Å². The number of rotatable bonds is 17. The zero-order valence-electron chi connectivity index (χ0n) is 21.3. The van der Waals surface area contributed by atoms with Crippen molar-refractivity contribution in [3.8, 4) is 0 Å². The minimum atomic E-state index is -1.24. The molecule has 0 spiro atoms. The number of aryl methyl sites for hydroxylation is 1. The van der Waals surface area contributed by atoms with Gasteiger partial charge in [-0.2, -0.15) is 0 Å². The summed E-state index contributed by atoms with van der Waals surface area (Å²) < 4.78 is 0. The van der Waals surface area contributed by atoms with Crippen LogP contribution in [0.25, 0.3) is 10.9 Å². The van der Waals surface area contributed by atoms with E-state index in [9.17, 15) is 39.0 Å². The van der Waals surface area contributed by atoms with Crippen molar-refractivity contribution in [1.29, 1.82) is 0 Å². The van der Waals surface area contributed by atoms with E-state index in [1.807, 2.05) is 0 Å². The van der Waals surface area contributed by atoms with Crippen molar-refractivity contribution in [2.75, 3.05) is 64.2 Å². The number of carboxylic acid groups (broad SMARTS) is 4. The number of anilines is 1. The number of aromatic amines is 1. The van der Waals surface area contributed by atoms with Gasteiger partial charge in [-0.1, -0.05) is 6.07 Å². The van der Waals surface area contributed by atoms with E-state index >= 15 is 0 Å². The minimum Gasteiger partial charge on any atom is -0.480 e. The van der Waals surface area contributed by atoms with E-state index in [2.05, 4.69) is 10.3 Å². The third-order valence-electron chi connectivity index (χ3n) is 5.60. The summed E-state index contributed by atoms with van der Waals surface area (Å²) in [7, 11) is 0. The molecule has 0 fully saturated rings. The third kappa shape index (κ3) is 11.3. The highest BCUT2D eigenvalue weighted by Crippen LogP contribution is 2.19. The first-order valence-corrected chi connectivity index (χ1v) is 11.8. The predicted octanol–water partition coefficient (Wildman–Crippen LogP) is -0.981. The van der Waals surface area contributed by atoms with E-state index in [1.165, 1.54) is 15.9 Å². The van der Waals surface area contributed by atoms with Crippen molar-refractivity contribution in [3.05, 3.63) is 40.2 Å². The summed E-state index contributed by atoms with van der Waals surface area (Å²) in [5.41, 5.74) is 1.37. The lowest BCUT2D eigenvalue weighted by Crippen LogP contribution is -2.46. The highest BCUT2D eigenvalue weighted by Gasteiger charge is 2.19. The van der Waals surface area contributed by atoms with Gasteiger partial charge in [0.25, 0.3) is 0 Å². The minimum absolute atomic E-state index is 0.00528. The fourth-order valence-electron chi connectivity index (χ4n) is 3.94. The monoisotopic (exact) mass is 549 g/mol. The van der Waals surface area contributed by atoms with Gasteiger partial charge in [0, 0.05) is 43.3 Å². The van der Waals surface area contributed by atoms with Crippen molar-refractivity contribution in [2.24, 2.45) is 0 Å². The van der Waals surface area contributed by atoms with E-state index in [1.54, 1.807) is 25.1 Å². The fraction of sp³-hybridized carbons (Fsp3) is 0.417. The molecule has 2 rings (SSSR count). The predicted molar refractivity (Wildman–Crippen MR) is 138 cm³/mol. The van der Waals surface area contributed by atoms with Crippen LogP contribution in [0.5, 0.6) is 0 Å². The lowest BCUT2D eigenvalue weighted by atomic mass is 10.1. The average molecular weight is 550 g/mol. The Morgan fingerprint density at radius 2 is 1.18 bits per heavy atom. The molecule has 15 heteroatoms. The molecule has 0 saturated carbocycles. The maximum Gasteiger partial charge on any atom is 0.317 e. The average Bonchev–Trinajstić information content (AvgIpc) is 2.78. The number of benzene rings is 1. The largest absolute Gasteiger partial charge is 0.480 e. The number of pyridine rings is 1. The standard InChI is InChI=1S/C24H31N5O10/c1-15-8-19(30)26-18-9-16(2-3-17(15)18)25-20(31)10-28(12-22(34)35)6-4-27(11-21(32)33)5-7-29(13-23(36)37)14-24(38)39/h2-3,8-9H,4-7,10-14H2,1H3,(H,25,31)(H,26,30)(H,32,33)(H,34,35)(H,36,37)(H,38,39). The Morgan fingerprint density at radius 3 is 1.69 bits per heavy atom. The van der Waals surface area contributed by atoms with Gasteiger partial charge >= 0.3 is 23.9 Å². The Balaban J connectivity index is 2.05. The van der Waals surface area contributed by atoms with Crippen molar-refractivity contribution < 1.29 is 44.4 Å². The van der Waals surface area contributed by atoms with Gasteiger partial charge in [-0.25, -0.2) is 0 Å². The van der Waals surface area contributed by atoms with Crippen LogP contribution in [-0.2, 0) is 24.0 Å². The number of hydrogen-bond acceptors (Lipinski definition) is 9. The van der Waals surface area contributed by atoms with E-state index in [0.717, 1.165) is 15.8 Å². The normalized spacial score (nSPS) is 11.3. The Bertz CT molecular complexity index is 1260. The molecule has 0 radical (unpaired) electrons. The van der Waals surface area contributed by atoms with E-state index < -0.39 is 56.0 Å². The highest BCUT2D eigenvalue weighted by molar-refractivity contribution is 5.95. The lowest BCUT2D eigenvalue weighted by Gasteiger charge is -2.27. The third-order valence-corrected chi connectivity index (χ3v) is 5.60. The van der Waals surface area contributed by atoms with Gasteiger partial charge in [0.2, 0.25) is 11.5 Å². The number of carbonyl (C=O) groups excluding carboxylic acids is 1. The molecule has 1 heterocycles. The number of nitrogens with zero attached hydrogens (tertiary/aromatic N) is 3. The number of fused-ring (bicyclic) bond motifs is 1. The number of aromatic nitrogens is 1. The van der Waals surface area contributed by atoms with E-state index in [-0.39, 0.29) is 38.3 Å². The van der Waals surface area contributed by atoms with Gasteiger partial charge in [-0.05, 0) is 24.6 Å². The van der Waals surface area contributed by atoms with Crippen LogP contribution in [0.2, 0.25) is 0 Å². The summed E-state index contributed by atoms with van der Waals surface area (Å²) in [4.78, 5) is 75.6. The molecule has 2 aromatic rings. The Hall–Kier alpha value is -4.34. The molecule has 1 aromatic carbocycles. The van der Waals surface area contributed by atoms with Crippen LogP contribution in [0.15, 0.2) is 29.1 Å². The van der Waals surface area contributed by atoms with Crippen molar-refractivity contribution in [1.82, 2.24) is 19.7 Å². The molecule has 1 amide bonds. The van der Waals surface area contributed by atoms with Gasteiger partial charge in [-0.3, -0.25) is 43.5 Å². The first-order chi connectivity index (χ1) is 18.3. The van der Waals surface area contributed by atoms with Crippen LogP contribution in [0, 0.1) is 6.92 Å². The molecule has 1 aromatic heterocycles. The van der Waals surface area contributed by atoms with Crippen LogP contribution in [0.3, 0.4) is 0 Å².